The first kappa shape index (κ1) is 15.3. The summed E-state index contributed by atoms with van der Waals surface area (Å²) in [4.78, 5) is 10.4. The van der Waals surface area contributed by atoms with Gasteiger partial charge in [-0.25, -0.2) is 4.39 Å². The van der Waals surface area contributed by atoms with Gasteiger partial charge < -0.3 is 14.8 Å². The van der Waals surface area contributed by atoms with Crippen LogP contribution in [0.15, 0.2) is 34.7 Å². The summed E-state index contributed by atoms with van der Waals surface area (Å²) in [6.45, 7) is 2.85. The van der Waals surface area contributed by atoms with E-state index in [4.69, 9.17) is 9.52 Å². The van der Waals surface area contributed by atoms with Crippen LogP contribution >= 0.6 is 0 Å². The van der Waals surface area contributed by atoms with E-state index < -0.39 is 5.97 Å². The smallest absolute Gasteiger partial charge is 0.303 e. The molecule has 0 radical (unpaired) electrons. The first-order chi connectivity index (χ1) is 10.1. The zero-order valence-electron chi connectivity index (χ0n) is 11.9. The number of carboxylic acid groups (broad SMARTS) is 1. The van der Waals surface area contributed by atoms with Crippen molar-refractivity contribution in [3.05, 3.63) is 47.5 Å². The van der Waals surface area contributed by atoms with Crippen LogP contribution in [0.2, 0.25) is 0 Å². The Balaban J connectivity index is 1.92. The molecular formula is C16H18FNO3. The Hall–Kier alpha value is -2.14. The quantitative estimate of drug-likeness (QED) is 0.768. The van der Waals surface area contributed by atoms with Crippen LogP contribution in [0.1, 0.15) is 24.2 Å². The molecule has 1 aromatic heterocycles. The third-order valence-corrected chi connectivity index (χ3v) is 3.24. The summed E-state index contributed by atoms with van der Waals surface area (Å²) in [5.74, 6) is 0.328. The van der Waals surface area contributed by atoms with Gasteiger partial charge >= 0.3 is 5.97 Å². The van der Waals surface area contributed by atoms with Gasteiger partial charge in [-0.1, -0.05) is 12.1 Å². The second-order valence-corrected chi connectivity index (χ2v) is 4.85. The highest BCUT2D eigenvalue weighted by molar-refractivity contribution is 5.66. The van der Waals surface area contributed by atoms with Gasteiger partial charge in [0, 0.05) is 12.0 Å². The Morgan fingerprint density at radius 1 is 1.33 bits per heavy atom. The Morgan fingerprint density at radius 3 is 2.90 bits per heavy atom. The van der Waals surface area contributed by atoms with E-state index in [1.165, 1.54) is 6.07 Å². The van der Waals surface area contributed by atoms with E-state index >= 15 is 0 Å². The third-order valence-electron chi connectivity index (χ3n) is 3.24. The van der Waals surface area contributed by atoms with Gasteiger partial charge in [0.2, 0.25) is 0 Å². The summed E-state index contributed by atoms with van der Waals surface area (Å²) in [6.07, 6.45) is 0.727. The van der Waals surface area contributed by atoms with Gasteiger partial charge in [0.15, 0.2) is 0 Å². The lowest BCUT2D eigenvalue weighted by Gasteiger charge is -2.04. The lowest BCUT2D eigenvalue weighted by molar-refractivity contribution is -0.137. The normalized spacial score (nSPS) is 10.8. The number of aliphatic carboxylic acids is 1. The minimum atomic E-state index is -0.793. The standard InChI is InChI=1S/C16H18FNO3/c1-11-13(4-2-5-14(11)17)15-8-7-12(21-15)10-18-9-3-6-16(19)20/h2,4-5,7-8,18H,3,6,9-10H2,1H3,(H,19,20). The average molecular weight is 291 g/mol. The van der Waals surface area contributed by atoms with E-state index in [1.54, 1.807) is 13.0 Å². The molecule has 0 amide bonds. The van der Waals surface area contributed by atoms with Gasteiger partial charge in [0.25, 0.3) is 0 Å². The average Bonchev–Trinajstić information content (AvgIpc) is 2.90. The molecule has 0 unspecified atom stereocenters. The topological polar surface area (TPSA) is 62.5 Å². The van der Waals surface area contributed by atoms with Crippen LogP contribution in [0.4, 0.5) is 4.39 Å². The highest BCUT2D eigenvalue weighted by Gasteiger charge is 2.10. The van der Waals surface area contributed by atoms with Crippen molar-refractivity contribution in [2.45, 2.75) is 26.3 Å². The molecule has 5 heteroatoms. The van der Waals surface area contributed by atoms with Crippen molar-refractivity contribution in [2.75, 3.05) is 6.54 Å². The Morgan fingerprint density at radius 2 is 2.14 bits per heavy atom. The number of benzene rings is 1. The third kappa shape index (κ3) is 4.16. The van der Waals surface area contributed by atoms with E-state index in [2.05, 4.69) is 5.32 Å². The molecule has 0 saturated carbocycles. The van der Waals surface area contributed by atoms with Crippen LogP contribution in [0.25, 0.3) is 11.3 Å². The van der Waals surface area contributed by atoms with Crippen molar-refractivity contribution in [3.8, 4) is 11.3 Å². The fourth-order valence-corrected chi connectivity index (χ4v) is 2.07. The fourth-order valence-electron chi connectivity index (χ4n) is 2.07. The molecule has 0 aliphatic heterocycles. The predicted molar refractivity (Wildman–Crippen MR) is 77.4 cm³/mol. The lowest BCUT2D eigenvalue weighted by Crippen LogP contribution is -2.15. The van der Waals surface area contributed by atoms with Crippen molar-refractivity contribution < 1.29 is 18.7 Å². The van der Waals surface area contributed by atoms with E-state index in [-0.39, 0.29) is 12.2 Å². The largest absolute Gasteiger partial charge is 0.481 e. The van der Waals surface area contributed by atoms with Crippen LogP contribution in [-0.4, -0.2) is 17.6 Å². The van der Waals surface area contributed by atoms with Gasteiger partial charge in [-0.3, -0.25) is 4.79 Å². The van der Waals surface area contributed by atoms with E-state index in [9.17, 15) is 9.18 Å². The van der Waals surface area contributed by atoms with Crippen LogP contribution in [0.5, 0.6) is 0 Å². The highest BCUT2D eigenvalue weighted by atomic mass is 19.1. The number of hydrogen-bond donors (Lipinski definition) is 2. The van der Waals surface area contributed by atoms with Crippen molar-refractivity contribution in [1.29, 1.82) is 0 Å². The number of carbonyl (C=O) groups is 1. The maximum atomic E-state index is 13.5. The van der Waals surface area contributed by atoms with Crippen LogP contribution in [0.3, 0.4) is 0 Å². The summed E-state index contributed by atoms with van der Waals surface area (Å²) < 4.78 is 19.2. The maximum Gasteiger partial charge on any atom is 0.303 e. The van der Waals surface area contributed by atoms with Crippen molar-refractivity contribution in [3.63, 3.8) is 0 Å². The summed E-state index contributed by atoms with van der Waals surface area (Å²) in [7, 11) is 0. The number of rotatable bonds is 7. The van der Waals surface area contributed by atoms with Crippen LogP contribution < -0.4 is 5.32 Å². The molecule has 0 atom stereocenters. The van der Waals surface area contributed by atoms with E-state index in [1.807, 2.05) is 18.2 Å². The Bertz CT molecular complexity index is 622. The number of carboxylic acids is 1. The van der Waals surface area contributed by atoms with Gasteiger partial charge in [-0.2, -0.15) is 0 Å². The lowest BCUT2D eigenvalue weighted by atomic mass is 10.1. The maximum absolute atomic E-state index is 13.5. The first-order valence-corrected chi connectivity index (χ1v) is 6.84. The minimum absolute atomic E-state index is 0.152. The van der Waals surface area contributed by atoms with Gasteiger partial charge in [-0.05, 0) is 43.7 Å². The molecule has 0 saturated heterocycles. The molecule has 1 aromatic carbocycles. The molecule has 112 valence electrons. The number of furan rings is 1. The summed E-state index contributed by atoms with van der Waals surface area (Å²) in [5, 5.41) is 11.6. The fraction of sp³-hybridized carbons (Fsp3) is 0.312. The molecule has 0 fully saturated rings. The predicted octanol–water partition coefficient (Wildman–Crippen LogP) is 3.35. The van der Waals surface area contributed by atoms with Gasteiger partial charge in [-0.15, -0.1) is 0 Å². The second-order valence-electron chi connectivity index (χ2n) is 4.85. The Kier molecular flexibility index (Phi) is 5.11. The molecule has 0 aliphatic carbocycles. The number of nitrogens with one attached hydrogen (secondary N) is 1. The molecule has 0 spiro atoms. The van der Waals surface area contributed by atoms with Crippen LogP contribution in [-0.2, 0) is 11.3 Å². The molecule has 21 heavy (non-hydrogen) atoms. The Labute approximate surface area is 122 Å². The molecule has 0 bridgehead atoms. The zero-order valence-corrected chi connectivity index (χ0v) is 11.9. The SMILES string of the molecule is Cc1c(F)cccc1-c1ccc(CNCCCC(=O)O)o1. The van der Waals surface area contributed by atoms with Gasteiger partial charge in [0.1, 0.15) is 17.3 Å². The molecule has 4 nitrogen and oxygen atoms in total. The summed E-state index contributed by atoms with van der Waals surface area (Å²) in [5.41, 5.74) is 1.31. The van der Waals surface area contributed by atoms with E-state index in [0.29, 0.717) is 30.8 Å². The zero-order chi connectivity index (χ0) is 15.2. The van der Waals surface area contributed by atoms with Gasteiger partial charge in [0.05, 0.1) is 6.54 Å². The molecule has 2 aromatic rings. The summed E-state index contributed by atoms with van der Waals surface area (Å²) in [6, 6.07) is 8.55. The van der Waals surface area contributed by atoms with Crippen molar-refractivity contribution in [1.82, 2.24) is 5.32 Å². The summed E-state index contributed by atoms with van der Waals surface area (Å²) >= 11 is 0. The number of hydrogen-bond acceptors (Lipinski definition) is 3. The highest BCUT2D eigenvalue weighted by Crippen LogP contribution is 2.26. The molecule has 2 rings (SSSR count). The van der Waals surface area contributed by atoms with Crippen molar-refractivity contribution >= 4 is 5.97 Å². The van der Waals surface area contributed by atoms with Crippen LogP contribution in [0, 0.1) is 12.7 Å². The molecule has 1 heterocycles. The van der Waals surface area contributed by atoms with Crippen molar-refractivity contribution in [2.24, 2.45) is 0 Å². The minimum Gasteiger partial charge on any atom is -0.481 e. The molecule has 0 aliphatic rings. The molecular weight excluding hydrogens is 273 g/mol. The van der Waals surface area contributed by atoms with E-state index in [0.717, 1.165) is 11.3 Å². The monoisotopic (exact) mass is 291 g/mol. The second kappa shape index (κ2) is 7.04. The molecule has 2 N–H and O–H groups in total. The number of halogens is 1. The first-order valence-electron chi connectivity index (χ1n) is 6.84.